The van der Waals surface area contributed by atoms with Gasteiger partial charge in [-0.1, -0.05) is 34.1 Å². The molecule has 0 fully saturated rings. The van der Waals surface area contributed by atoms with Crippen molar-refractivity contribution in [2.45, 2.75) is 53.4 Å². The van der Waals surface area contributed by atoms with Crippen LogP contribution in [-0.4, -0.2) is 42.4 Å². The Morgan fingerprint density at radius 1 is 0.895 bits per heavy atom. The highest BCUT2D eigenvalue weighted by Gasteiger charge is 2.15. The molecule has 0 aliphatic carbocycles. The third kappa shape index (κ3) is 8.62. The summed E-state index contributed by atoms with van der Waals surface area (Å²) in [7, 11) is 3.51. The van der Waals surface area contributed by atoms with Gasteiger partial charge in [0.15, 0.2) is 0 Å². The SMILES string of the molecule is CC(C)CCCC(=O)N(C)CN(C)C(=O)CC(C)C. The van der Waals surface area contributed by atoms with Crippen molar-refractivity contribution in [3.05, 3.63) is 0 Å². The first-order valence-corrected chi connectivity index (χ1v) is 7.22. The molecule has 0 spiro atoms. The van der Waals surface area contributed by atoms with Gasteiger partial charge in [0.2, 0.25) is 11.8 Å². The summed E-state index contributed by atoms with van der Waals surface area (Å²) in [4.78, 5) is 27.0. The Hall–Kier alpha value is -1.06. The van der Waals surface area contributed by atoms with Crippen LogP contribution >= 0.6 is 0 Å². The number of amides is 2. The molecule has 0 unspecified atom stereocenters. The number of carbonyl (C=O) groups excluding carboxylic acids is 2. The van der Waals surface area contributed by atoms with Crippen molar-refractivity contribution >= 4 is 11.8 Å². The van der Waals surface area contributed by atoms with Crippen molar-refractivity contribution in [1.29, 1.82) is 0 Å². The predicted molar refractivity (Wildman–Crippen MR) is 78.6 cm³/mol. The van der Waals surface area contributed by atoms with Crippen LogP contribution in [0.25, 0.3) is 0 Å². The molecule has 0 radical (unpaired) electrons. The molecule has 19 heavy (non-hydrogen) atoms. The maximum absolute atomic E-state index is 11.9. The van der Waals surface area contributed by atoms with Crippen molar-refractivity contribution in [3.63, 3.8) is 0 Å². The molecule has 4 nitrogen and oxygen atoms in total. The quantitative estimate of drug-likeness (QED) is 0.636. The molecule has 0 saturated carbocycles. The van der Waals surface area contributed by atoms with Gasteiger partial charge in [0.05, 0.1) is 6.67 Å². The molecule has 0 heterocycles. The molecule has 0 aromatic heterocycles. The summed E-state index contributed by atoms with van der Waals surface area (Å²) in [5.41, 5.74) is 0. The van der Waals surface area contributed by atoms with Crippen LogP contribution in [0.4, 0.5) is 0 Å². The predicted octanol–water partition coefficient (Wildman–Crippen LogP) is 2.73. The topological polar surface area (TPSA) is 40.6 Å². The van der Waals surface area contributed by atoms with Gasteiger partial charge >= 0.3 is 0 Å². The fourth-order valence-corrected chi connectivity index (χ4v) is 1.83. The number of nitrogens with zero attached hydrogens (tertiary/aromatic N) is 2. The normalized spacial score (nSPS) is 10.9. The third-order valence-corrected chi connectivity index (χ3v) is 3.03. The highest BCUT2D eigenvalue weighted by atomic mass is 16.2. The molecule has 0 N–H and O–H groups in total. The largest absolute Gasteiger partial charge is 0.328 e. The molecular weight excluding hydrogens is 240 g/mol. The van der Waals surface area contributed by atoms with Crippen LogP contribution in [0.1, 0.15) is 53.4 Å². The fraction of sp³-hybridized carbons (Fsp3) is 0.867. The van der Waals surface area contributed by atoms with E-state index in [4.69, 9.17) is 0 Å². The minimum atomic E-state index is 0.0943. The van der Waals surface area contributed by atoms with Crippen molar-refractivity contribution in [2.75, 3.05) is 20.8 Å². The van der Waals surface area contributed by atoms with E-state index in [1.54, 1.807) is 23.9 Å². The van der Waals surface area contributed by atoms with Gasteiger partial charge in [-0.05, 0) is 18.3 Å². The van der Waals surface area contributed by atoms with Crippen LogP contribution in [0.5, 0.6) is 0 Å². The smallest absolute Gasteiger partial charge is 0.223 e. The average molecular weight is 270 g/mol. The molecule has 0 atom stereocenters. The molecular formula is C15H30N2O2. The summed E-state index contributed by atoms with van der Waals surface area (Å²) in [5, 5.41) is 0. The molecule has 2 amide bonds. The van der Waals surface area contributed by atoms with Crippen LogP contribution in [-0.2, 0) is 9.59 Å². The van der Waals surface area contributed by atoms with Crippen molar-refractivity contribution < 1.29 is 9.59 Å². The molecule has 0 aliphatic heterocycles. The van der Waals surface area contributed by atoms with Crippen LogP contribution in [0.3, 0.4) is 0 Å². The summed E-state index contributed by atoms with van der Waals surface area (Å²) in [6, 6.07) is 0. The van der Waals surface area contributed by atoms with Gasteiger partial charge in [0, 0.05) is 26.9 Å². The number of hydrogen-bond acceptors (Lipinski definition) is 2. The second kappa shape index (κ2) is 8.94. The highest BCUT2D eigenvalue weighted by Crippen LogP contribution is 2.08. The lowest BCUT2D eigenvalue weighted by Gasteiger charge is -2.25. The zero-order valence-corrected chi connectivity index (χ0v) is 13.4. The van der Waals surface area contributed by atoms with Crippen LogP contribution < -0.4 is 0 Å². The van der Waals surface area contributed by atoms with Gasteiger partial charge in [-0.25, -0.2) is 0 Å². The number of rotatable bonds is 8. The lowest BCUT2D eigenvalue weighted by molar-refractivity contribution is -0.137. The Morgan fingerprint density at radius 2 is 1.42 bits per heavy atom. The standard InChI is InChI=1S/C15H30N2O2/c1-12(2)8-7-9-14(18)16(5)11-17(6)15(19)10-13(3)4/h12-13H,7-11H2,1-6H3. The Morgan fingerprint density at radius 3 is 1.89 bits per heavy atom. The first-order chi connectivity index (χ1) is 8.73. The van der Waals surface area contributed by atoms with E-state index in [1.165, 1.54) is 0 Å². The lowest BCUT2D eigenvalue weighted by atomic mass is 10.1. The van der Waals surface area contributed by atoms with E-state index in [9.17, 15) is 9.59 Å². The van der Waals surface area contributed by atoms with Gasteiger partial charge in [0.1, 0.15) is 0 Å². The summed E-state index contributed by atoms with van der Waals surface area (Å²) < 4.78 is 0. The van der Waals surface area contributed by atoms with Gasteiger partial charge < -0.3 is 9.80 Å². The summed E-state index contributed by atoms with van der Waals surface area (Å²) >= 11 is 0. The minimum absolute atomic E-state index is 0.0943. The van der Waals surface area contributed by atoms with Crippen molar-refractivity contribution in [1.82, 2.24) is 9.80 Å². The second-order valence-corrected chi connectivity index (χ2v) is 6.21. The highest BCUT2D eigenvalue weighted by molar-refractivity contribution is 5.78. The van der Waals surface area contributed by atoms with E-state index in [1.807, 2.05) is 13.8 Å². The average Bonchev–Trinajstić information content (AvgIpc) is 2.27. The van der Waals surface area contributed by atoms with Gasteiger partial charge in [0.25, 0.3) is 0 Å². The summed E-state index contributed by atoms with van der Waals surface area (Å²) in [5.74, 6) is 1.19. The summed E-state index contributed by atoms with van der Waals surface area (Å²) in [6.07, 6.45) is 3.10. The van der Waals surface area contributed by atoms with Crippen molar-refractivity contribution in [2.24, 2.45) is 11.8 Å². The van der Waals surface area contributed by atoms with Crippen LogP contribution in [0.2, 0.25) is 0 Å². The summed E-state index contributed by atoms with van der Waals surface area (Å²) in [6.45, 7) is 8.74. The minimum Gasteiger partial charge on any atom is -0.328 e. The molecule has 0 rings (SSSR count). The van der Waals surface area contributed by atoms with Crippen LogP contribution in [0, 0.1) is 11.8 Å². The van der Waals surface area contributed by atoms with Gasteiger partial charge in [-0.3, -0.25) is 9.59 Å². The molecule has 112 valence electrons. The molecule has 0 aromatic carbocycles. The van der Waals surface area contributed by atoms with E-state index in [2.05, 4.69) is 13.8 Å². The Kier molecular flexibility index (Phi) is 8.44. The first kappa shape index (κ1) is 17.9. The first-order valence-electron chi connectivity index (χ1n) is 7.22. The van der Waals surface area contributed by atoms with Gasteiger partial charge in [-0.2, -0.15) is 0 Å². The fourth-order valence-electron chi connectivity index (χ4n) is 1.83. The Bertz CT molecular complexity index is 288. The van der Waals surface area contributed by atoms with E-state index in [0.29, 0.717) is 31.3 Å². The lowest BCUT2D eigenvalue weighted by Crippen LogP contribution is -2.40. The Balaban J connectivity index is 4.03. The molecule has 0 aromatic rings. The zero-order valence-electron chi connectivity index (χ0n) is 13.4. The molecule has 0 saturated heterocycles. The number of hydrogen-bond donors (Lipinski definition) is 0. The van der Waals surface area contributed by atoms with Crippen molar-refractivity contribution in [3.8, 4) is 0 Å². The van der Waals surface area contributed by atoms with E-state index in [-0.39, 0.29) is 11.8 Å². The molecule has 4 heteroatoms. The Labute approximate surface area is 118 Å². The molecule has 0 bridgehead atoms. The van der Waals surface area contributed by atoms with E-state index < -0.39 is 0 Å². The number of carbonyl (C=O) groups is 2. The monoisotopic (exact) mass is 270 g/mol. The third-order valence-electron chi connectivity index (χ3n) is 3.03. The van der Waals surface area contributed by atoms with Crippen LogP contribution in [0.15, 0.2) is 0 Å². The van der Waals surface area contributed by atoms with E-state index >= 15 is 0 Å². The maximum Gasteiger partial charge on any atom is 0.223 e. The molecule has 0 aliphatic rings. The second-order valence-electron chi connectivity index (χ2n) is 6.21. The maximum atomic E-state index is 11.9. The zero-order chi connectivity index (χ0) is 15.0. The van der Waals surface area contributed by atoms with E-state index in [0.717, 1.165) is 12.8 Å². The van der Waals surface area contributed by atoms with Gasteiger partial charge in [-0.15, -0.1) is 0 Å².